The number of hydrogen-bond donors (Lipinski definition) is 5. The lowest BCUT2D eigenvalue weighted by Crippen LogP contribution is -2.69. The molecule has 0 aromatic heterocycles. The second-order valence-corrected chi connectivity index (χ2v) is 12.0. The Kier molecular flexibility index (Phi) is 6.90. The number of amides is 1. The van der Waals surface area contributed by atoms with Crippen molar-refractivity contribution in [2.45, 2.75) is 63.0 Å². The summed E-state index contributed by atoms with van der Waals surface area (Å²) in [5.74, 6) is -9.03. The number of Topliss-reactive ketones (excluding diaryl/α,β-unsaturated/α-hetero) is 3. The second-order valence-electron chi connectivity index (χ2n) is 12.0. The van der Waals surface area contributed by atoms with E-state index < -0.39 is 69.9 Å². The van der Waals surface area contributed by atoms with E-state index in [2.05, 4.69) is 0 Å². The molecule has 6 atom stereocenters. The molecular weight excluding hydrogens is 516 g/mol. The van der Waals surface area contributed by atoms with Crippen molar-refractivity contribution in [3.8, 4) is 5.75 Å². The Hall–Kier alpha value is -3.50. The monoisotopic (exact) mass is 552 g/mol. The molecule has 10 heteroatoms. The Labute approximate surface area is 232 Å². The molecule has 1 aromatic carbocycles. The number of primary amides is 1. The molecule has 5 rings (SSSR count). The van der Waals surface area contributed by atoms with Crippen molar-refractivity contribution in [2.75, 3.05) is 14.1 Å². The highest BCUT2D eigenvalue weighted by molar-refractivity contribution is 6.24. The summed E-state index contributed by atoms with van der Waals surface area (Å²) >= 11 is 0. The number of hydrogen-bond acceptors (Lipinski definition) is 9. The summed E-state index contributed by atoms with van der Waals surface area (Å²) in [6.45, 7) is 1.81. The van der Waals surface area contributed by atoms with E-state index in [1.165, 1.54) is 11.0 Å². The normalized spacial score (nSPS) is 32.6. The average Bonchev–Trinajstić information content (AvgIpc) is 2.90. The molecule has 0 saturated heterocycles. The van der Waals surface area contributed by atoms with E-state index in [-0.39, 0.29) is 35.0 Å². The van der Waals surface area contributed by atoms with E-state index in [0.717, 1.165) is 32.1 Å². The largest absolute Gasteiger partial charge is 0.508 e. The minimum Gasteiger partial charge on any atom is -0.508 e. The Bertz CT molecular complexity index is 1370. The van der Waals surface area contributed by atoms with Crippen LogP contribution in [0.1, 0.15) is 62.5 Å². The summed E-state index contributed by atoms with van der Waals surface area (Å²) in [6, 6.07) is 3.43. The maximum atomic E-state index is 14.3. The van der Waals surface area contributed by atoms with Gasteiger partial charge in [0.25, 0.3) is 5.91 Å². The van der Waals surface area contributed by atoms with Crippen LogP contribution in [0, 0.1) is 23.7 Å². The highest BCUT2D eigenvalue weighted by Crippen LogP contribution is 2.59. The molecule has 40 heavy (non-hydrogen) atoms. The number of ketones is 3. The molecular formula is C30H36N2O8. The van der Waals surface area contributed by atoms with E-state index in [1.807, 2.05) is 6.92 Å². The van der Waals surface area contributed by atoms with Crippen LogP contribution >= 0.6 is 0 Å². The van der Waals surface area contributed by atoms with E-state index in [0.29, 0.717) is 5.56 Å². The molecule has 4 aliphatic rings. The second kappa shape index (κ2) is 9.85. The number of carbonyl (C=O) groups excluding carboxylic acids is 4. The van der Waals surface area contributed by atoms with Crippen molar-refractivity contribution in [1.82, 2.24) is 4.90 Å². The predicted octanol–water partition coefficient (Wildman–Crippen LogP) is 2.29. The van der Waals surface area contributed by atoms with Crippen LogP contribution in [0.15, 0.2) is 35.1 Å². The number of benzene rings is 1. The lowest BCUT2D eigenvalue weighted by atomic mass is 9.50. The van der Waals surface area contributed by atoms with Gasteiger partial charge in [-0.15, -0.1) is 0 Å². The van der Waals surface area contributed by atoms with Gasteiger partial charge in [0.1, 0.15) is 28.6 Å². The number of aliphatic hydroxyl groups is 3. The number of phenolic OH excluding ortho intramolecular Hbond substituents is 1. The van der Waals surface area contributed by atoms with Gasteiger partial charge in [0, 0.05) is 29.7 Å². The summed E-state index contributed by atoms with van der Waals surface area (Å²) in [7, 11) is 3.10. The first-order valence-electron chi connectivity index (χ1n) is 13.8. The lowest BCUT2D eigenvalue weighted by Gasteiger charge is -2.55. The molecule has 0 unspecified atom stereocenters. The van der Waals surface area contributed by atoms with Crippen molar-refractivity contribution >= 4 is 29.0 Å². The third-order valence-corrected chi connectivity index (χ3v) is 9.68. The van der Waals surface area contributed by atoms with Gasteiger partial charge in [-0.25, -0.2) is 0 Å². The van der Waals surface area contributed by atoms with Crippen LogP contribution in [0.2, 0.25) is 0 Å². The van der Waals surface area contributed by atoms with Gasteiger partial charge in [-0.3, -0.25) is 24.1 Å². The van der Waals surface area contributed by atoms with Gasteiger partial charge in [0.2, 0.25) is 5.78 Å². The minimum atomic E-state index is -2.81. The first-order valence-corrected chi connectivity index (χ1v) is 13.8. The van der Waals surface area contributed by atoms with E-state index in [1.54, 1.807) is 26.2 Å². The zero-order chi connectivity index (χ0) is 29.3. The van der Waals surface area contributed by atoms with Crippen LogP contribution in [0.25, 0.3) is 5.76 Å². The van der Waals surface area contributed by atoms with Crippen LogP contribution in [-0.2, 0) is 19.2 Å². The van der Waals surface area contributed by atoms with Crippen LogP contribution in [-0.4, -0.2) is 74.3 Å². The highest BCUT2D eigenvalue weighted by atomic mass is 16.3. The molecule has 0 heterocycles. The van der Waals surface area contributed by atoms with Gasteiger partial charge in [0.15, 0.2) is 11.4 Å². The van der Waals surface area contributed by atoms with E-state index >= 15 is 0 Å². The number of aromatic hydroxyl groups is 1. The van der Waals surface area contributed by atoms with Crippen LogP contribution in [0.4, 0.5) is 0 Å². The summed E-state index contributed by atoms with van der Waals surface area (Å²) in [5, 5.41) is 45.5. The molecule has 0 radical (unpaired) electrons. The first-order chi connectivity index (χ1) is 18.8. The van der Waals surface area contributed by atoms with Crippen LogP contribution in [0.5, 0.6) is 5.75 Å². The fourth-order valence-corrected chi connectivity index (χ4v) is 7.88. The van der Waals surface area contributed by atoms with E-state index in [9.17, 15) is 39.6 Å². The van der Waals surface area contributed by atoms with Crippen molar-refractivity contribution in [2.24, 2.45) is 29.4 Å². The molecule has 2 saturated carbocycles. The molecule has 1 aromatic rings. The van der Waals surface area contributed by atoms with Crippen molar-refractivity contribution in [3.63, 3.8) is 0 Å². The standard InChI is InChI=1S/C30H36N2O8/c1-13-15-10-7-11-17(33)20(15)25(35)21-19(13)16(12-18(34)14-8-5-4-6-9-14)23-24(32(2)3)26(36)22(29(31)39)28(38)30(23,40)27(21)37/h7,10-11,13-14,16,19,23-24,33,35,38,40H,4-6,8-9,12H2,1-3H3,(H2,31,39)/t13-,16-,19-,23-,24-,30-/m0/s1. The molecule has 214 valence electrons. The van der Waals surface area contributed by atoms with Gasteiger partial charge in [-0.1, -0.05) is 38.3 Å². The number of rotatable bonds is 5. The molecule has 1 amide bonds. The van der Waals surface area contributed by atoms with Gasteiger partial charge >= 0.3 is 0 Å². The Balaban J connectivity index is 1.79. The maximum absolute atomic E-state index is 14.3. The van der Waals surface area contributed by atoms with Gasteiger partial charge in [-0.2, -0.15) is 0 Å². The summed E-state index contributed by atoms with van der Waals surface area (Å²) in [5.41, 5.74) is 2.09. The quantitative estimate of drug-likeness (QED) is 0.343. The molecule has 0 aliphatic heterocycles. The van der Waals surface area contributed by atoms with Crippen molar-refractivity contribution in [1.29, 1.82) is 0 Å². The van der Waals surface area contributed by atoms with Crippen LogP contribution < -0.4 is 5.73 Å². The highest BCUT2D eigenvalue weighted by Gasteiger charge is 2.68. The number of fused-ring (bicyclic) bond motifs is 3. The van der Waals surface area contributed by atoms with Gasteiger partial charge in [-0.05, 0) is 50.4 Å². The maximum Gasteiger partial charge on any atom is 0.255 e. The van der Waals surface area contributed by atoms with Gasteiger partial charge in [0.05, 0.1) is 11.6 Å². The third-order valence-electron chi connectivity index (χ3n) is 9.68. The Morgan fingerprint density at radius 1 is 1.07 bits per heavy atom. The van der Waals surface area contributed by atoms with Crippen molar-refractivity contribution < 1.29 is 39.6 Å². The number of nitrogens with zero attached hydrogens (tertiary/aromatic N) is 1. The first kappa shape index (κ1) is 28.0. The molecule has 4 aliphatic carbocycles. The zero-order valence-electron chi connectivity index (χ0n) is 22.9. The SMILES string of the molecule is C[C@H]1c2cccc(O)c2C(O)=C2C(=O)[C@]3(O)C(O)=C(C(N)=O)C(=O)[C@@H](N(C)C)[C@@H]3[C@@H](CC(=O)C3CCCCC3)[C@@H]21. The number of nitrogens with two attached hydrogens (primary N) is 1. The Morgan fingerprint density at radius 3 is 2.33 bits per heavy atom. The summed E-state index contributed by atoms with van der Waals surface area (Å²) in [6.07, 6.45) is 4.19. The number of likely N-dealkylation sites (N-methyl/N-ethyl adjacent to an activating group) is 1. The molecule has 0 bridgehead atoms. The fraction of sp³-hybridized carbons (Fsp3) is 0.533. The Morgan fingerprint density at radius 2 is 1.73 bits per heavy atom. The zero-order valence-corrected chi connectivity index (χ0v) is 22.9. The summed E-state index contributed by atoms with van der Waals surface area (Å²) in [4.78, 5) is 55.5. The van der Waals surface area contributed by atoms with E-state index in [4.69, 9.17) is 5.73 Å². The lowest BCUT2D eigenvalue weighted by molar-refractivity contribution is -0.163. The predicted molar refractivity (Wildman–Crippen MR) is 144 cm³/mol. The molecule has 10 nitrogen and oxygen atoms in total. The van der Waals surface area contributed by atoms with Crippen LogP contribution in [0.3, 0.4) is 0 Å². The number of carbonyl (C=O) groups is 4. The van der Waals surface area contributed by atoms with Crippen molar-refractivity contribution in [3.05, 3.63) is 46.2 Å². The smallest absolute Gasteiger partial charge is 0.255 e. The molecule has 0 spiro atoms. The number of phenols is 1. The topological polar surface area (TPSA) is 178 Å². The fourth-order valence-electron chi connectivity index (χ4n) is 7.88. The van der Waals surface area contributed by atoms with Gasteiger partial charge < -0.3 is 26.2 Å². The minimum absolute atomic E-state index is 0.0312. The summed E-state index contributed by atoms with van der Waals surface area (Å²) < 4.78 is 0. The third kappa shape index (κ3) is 3.83. The number of aliphatic hydroxyl groups excluding tert-OH is 2. The molecule has 6 N–H and O–H groups in total. The average molecular weight is 553 g/mol. The molecule has 2 fully saturated rings.